The van der Waals surface area contributed by atoms with Gasteiger partial charge in [0.25, 0.3) is 0 Å². The fourth-order valence-corrected chi connectivity index (χ4v) is 4.72. The molecule has 7 heteroatoms. The van der Waals surface area contributed by atoms with E-state index in [9.17, 15) is 9.90 Å². The number of carboxylic acids is 1. The smallest absolute Gasteiger partial charge is 0.323 e. The Labute approximate surface area is 120 Å². The summed E-state index contributed by atoms with van der Waals surface area (Å²) in [6.07, 6.45) is 7.23. The summed E-state index contributed by atoms with van der Waals surface area (Å²) >= 11 is 3.07. The van der Waals surface area contributed by atoms with E-state index in [1.165, 1.54) is 11.5 Å². The average molecular weight is 299 g/mol. The minimum Gasteiger partial charge on any atom is -0.480 e. The fourth-order valence-electron chi connectivity index (χ4n) is 2.69. The molecule has 1 heterocycles. The number of hydrogen-bond donors (Lipinski definition) is 2. The largest absolute Gasteiger partial charge is 0.480 e. The van der Waals surface area contributed by atoms with E-state index >= 15 is 0 Å². The van der Waals surface area contributed by atoms with Crippen LogP contribution < -0.4 is 5.32 Å². The van der Waals surface area contributed by atoms with Crippen LogP contribution in [0.25, 0.3) is 0 Å². The van der Waals surface area contributed by atoms with Crippen LogP contribution >= 0.6 is 23.3 Å². The molecule has 2 fully saturated rings. The first kappa shape index (κ1) is 13.3. The second kappa shape index (κ2) is 5.38. The molecule has 0 amide bonds. The number of carbonyl (C=O) groups is 1. The van der Waals surface area contributed by atoms with Gasteiger partial charge in [-0.25, -0.2) is 4.98 Å². The summed E-state index contributed by atoms with van der Waals surface area (Å²) in [4.78, 5) is 15.9. The van der Waals surface area contributed by atoms with Crippen molar-refractivity contribution in [2.75, 3.05) is 0 Å². The molecule has 3 rings (SSSR count). The molecular weight excluding hydrogens is 282 g/mol. The van der Waals surface area contributed by atoms with E-state index in [0.717, 1.165) is 36.4 Å². The first-order valence-corrected chi connectivity index (χ1v) is 8.28. The quantitative estimate of drug-likeness (QED) is 0.867. The Hall–Kier alpha value is -0.660. The Kier molecular flexibility index (Phi) is 3.77. The third-order valence-electron chi connectivity index (χ3n) is 3.78. The zero-order valence-electron chi connectivity index (χ0n) is 10.5. The maximum Gasteiger partial charge on any atom is 0.323 e. The van der Waals surface area contributed by atoms with Crippen LogP contribution in [0.1, 0.15) is 38.5 Å². The van der Waals surface area contributed by atoms with Crippen LogP contribution in [-0.2, 0) is 4.79 Å². The highest BCUT2D eigenvalue weighted by Crippen LogP contribution is 2.40. The highest BCUT2D eigenvalue weighted by Gasteiger charge is 2.46. The average Bonchev–Trinajstić information content (AvgIpc) is 3.03. The lowest BCUT2D eigenvalue weighted by Gasteiger charge is -2.38. The lowest BCUT2D eigenvalue weighted by molar-refractivity contribution is -0.146. The maximum atomic E-state index is 11.7. The SMILES string of the molecule is O=C(O)C1(NC2CC2)CCCC(Sc2ncns2)C1. The second-order valence-corrected chi connectivity index (χ2v) is 7.68. The van der Waals surface area contributed by atoms with Gasteiger partial charge in [0.15, 0.2) is 4.34 Å². The highest BCUT2D eigenvalue weighted by molar-refractivity contribution is 8.01. The molecule has 104 valence electrons. The maximum absolute atomic E-state index is 11.7. The van der Waals surface area contributed by atoms with Gasteiger partial charge in [0.1, 0.15) is 11.9 Å². The van der Waals surface area contributed by atoms with Crippen molar-refractivity contribution in [3.05, 3.63) is 6.33 Å². The third-order valence-corrected chi connectivity index (χ3v) is 5.80. The Balaban J connectivity index is 1.68. The van der Waals surface area contributed by atoms with Crippen molar-refractivity contribution in [2.24, 2.45) is 0 Å². The highest BCUT2D eigenvalue weighted by atomic mass is 32.2. The molecule has 2 atom stereocenters. The van der Waals surface area contributed by atoms with Crippen molar-refractivity contribution >= 4 is 29.3 Å². The molecule has 5 nitrogen and oxygen atoms in total. The number of aliphatic carboxylic acids is 1. The van der Waals surface area contributed by atoms with Crippen LogP contribution in [0, 0.1) is 0 Å². The molecule has 2 N–H and O–H groups in total. The second-order valence-electron chi connectivity index (χ2n) is 5.35. The summed E-state index contributed by atoms with van der Waals surface area (Å²) in [6, 6.07) is 0.418. The van der Waals surface area contributed by atoms with Gasteiger partial charge in [0.2, 0.25) is 0 Å². The molecule has 0 radical (unpaired) electrons. The van der Waals surface area contributed by atoms with Crippen molar-refractivity contribution in [3.8, 4) is 0 Å². The van der Waals surface area contributed by atoms with Crippen molar-refractivity contribution < 1.29 is 9.90 Å². The molecule has 1 aromatic rings. The lowest BCUT2D eigenvalue weighted by atomic mass is 9.81. The molecule has 1 aromatic heterocycles. The van der Waals surface area contributed by atoms with Gasteiger partial charge in [-0.05, 0) is 50.1 Å². The molecule has 0 aliphatic heterocycles. The van der Waals surface area contributed by atoms with Crippen LogP contribution in [0.2, 0.25) is 0 Å². The van der Waals surface area contributed by atoms with Gasteiger partial charge >= 0.3 is 5.97 Å². The fraction of sp³-hybridized carbons (Fsp3) is 0.750. The van der Waals surface area contributed by atoms with Crippen LogP contribution in [0.5, 0.6) is 0 Å². The van der Waals surface area contributed by atoms with E-state index in [0.29, 0.717) is 17.7 Å². The van der Waals surface area contributed by atoms with Crippen molar-refractivity contribution in [1.82, 2.24) is 14.7 Å². The standard InChI is InChI=1S/C12H17N3O2S2/c16-10(17)12(15-8-3-4-8)5-1-2-9(6-12)18-11-13-7-14-19-11/h7-9,15H,1-6H2,(H,16,17). The van der Waals surface area contributed by atoms with Crippen molar-refractivity contribution in [3.63, 3.8) is 0 Å². The summed E-state index contributed by atoms with van der Waals surface area (Å²) in [5.74, 6) is -0.693. The van der Waals surface area contributed by atoms with E-state index in [1.54, 1.807) is 18.1 Å². The summed E-state index contributed by atoms with van der Waals surface area (Å²) in [5.41, 5.74) is -0.720. The Morgan fingerprint density at radius 2 is 2.37 bits per heavy atom. The molecule has 2 aliphatic rings. The molecule has 0 aromatic carbocycles. The van der Waals surface area contributed by atoms with E-state index in [2.05, 4.69) is 14.7 Å². The predicted octanol–water partition coefficient (Wildman–Crippen LogP) is 2.15. The molecule has 0 saturated heterocycles. The first-order chi connectivity index (χ1) is 9.18. The van der Waals surface area contributed by atoms with E-state index in [4.69, 9.17) is 0 Å². The van der Waals surface area contributed by atoms with E-state index in [-0.39, 0.29) is 0 Å². The van der Waals surface area contributed by atoms with Gasteiger partial charge in [0.05, 0.1) is 0 Å². The van der Waals surface area contributed by atoms with Gasteiger partial charge in [-0.1, -0.05) is 11.8 Å². The Morgan fingerprint density at radius 3 is 3.00 bits per heavy atom. The minimum absolute atomic E-state index is 0.323. The summed E-state index contributed by atoms with van der Waals surface area (Å²) in [7, 11) is 0. The number of rotatable bonds is 5. The molecule has 0 spiro atoms. The Morgan fingerprint density at radius 1 is 1.53 bits per heavy atom. The summed E-state index contributed by atoms with van der Waals surface area (Å²) in [5, 5.41) is 13.3. The third kappa shape index (κ3) is 3.09. The van der Waals surface area contributed by atoms with E-state index in [1.807, 2.05) is 0 Å². The zero-order chi connectivity index (χ0) is 13.3. The monoisotopic (exact) mass is 299 g/mol. The first-order valence-electron chi connectivity index (χ1n) is 6.62. The number of nitrogens with one attached hydrogen (secondary N) is 1. The van der Waals surface area contributed by atoms with E-state index < -0.39 is 11.5 Å². The van der Waals surface area contributed by atoms with Gasteiger partial charge in [-0.3, -0.25) is 10.1 Å². The number of hydrogen-bond acceptors (Lipinski definition) is 6. The Bertz CT molecular complexity index is 450. The normalized spacial score (nSPS) is 31.3. The number of carboxylic acid groups (broad SMARTS) is 1. The van der Waals surface area contributed by atoms with Gasteiger partial charge in [0, 0.05) is 11.3 Å². The van der Waals surface area contributed by atoms with Gasteiger partial charge in [-0.15, -0.1) is 0 Å². The molecule has 0 bridgehead atoms. The number of aromatic nitrogens is 2. The van der Waals surface area contributed by atoms with Crippen LogP contribution in [0.3, 0.4) is 0 Å². The number of thioether (sulfide) groups is 1. The topological polar surface area (TPSA) is 75.1 Å². The molecule has 2 unspecified atom stereocenters. The predicted molar refractivity (Wildman–Crippen MR) is 74.5 cm³/mol. The van der Waals surface area contributed by atoms with Crippen LogP contribution in [-0.4, -0.2) is 37.3 Å². The van der Waals surface area contributed by atoms with Gasteiger partial charge in [-0.2, -0.15) is 4.37 Å². The molecule has 19 heavy (non-hydrogen) atoms. The molecule has 2 aliphatic carbocycles. The van der Waals surface area contributed by atoms with Gasteiger partial charge < -0.3 is 5.11 Å². The lowest BCUT2D eigenvalue weighted by Crippen LogP contribution is -2.56. The van der Waals surface area contributed by atoms with Crippen molar-refractivity contribution in [2.45, 2.75) is 59.7 Å². The van der Waals surface area contributed by atoms with Crippen LogP contribution in [0.15, 0.2) is 10.7 Å². The molecule has 2 saturated carbocycles. The minimum atomic E-state index is -0.720. The summed E-state index contributed by atoms with van der Waals surface area (Å²) in [6.45, 7) is 0. The van der Waals surface area contributed by atoms with Crippen LogP contribution in [0.4, 0.5) is 0 Å². The molecular formula is C12H17N3O2S2. The summed E-state index contributed by atoms with van der Waals surface area (Å²) < 4.78 is 4.94. The zero-order valence-corrected chi connectivity index (χ0v) is 12.2. The van der Waals surface area contributed by atoms with Crippen molar-refractivity contribution in [1.29, 1.82) is 0 Å². The number of nitrogens with zero attached hydrogens (tertiary/aromatic N) is 2.